The molecule has 0 amide bonds. The van der Waals surface area contributed by atoms with Crippen molar-refractivity contribution in [3.05, 3.63) is 17.4 Å². The summed E-state index contributed by atoms with van der Waals surface area (Å²) in [4.78, 5) is 11.1. The number of carbonyl (C=O) groups is 1. The van der Waals surface area contributed by atoms with E-state index in [1.165, 1.54) is 20.1 Å². The van der Waals surface area contributed by atoms with Gasteiger partial charge >= 0.3 is 0 Å². The Balaban J connectivity index is 2.56. The number of Topliss-reactive ketones (excluding diaryl/α,β-unsaturated/α-hetero) is 1. The Morgan fingerprint density at radius 3 is 2.94 bits per heavy atom. The zero-order valence-electron chi connectivity index (χ0n) is 9.00. The summed E-state index contributed by atoms with van der Waals surface area (Å²) in [6.45, 7) is 1.46. The number of rotatable bonds is 3. The SMILES string of the molecule is COc1c(F)cc2c(c1CC(C)=O)OCO2. The van der Waals surface area contributed by atoms with Crippen molar-refractivity contribution in [1.29, 1.82) is 0 Å². The molecule has 1 aliphatic heterocycles. The largest absolute Gasteiger partial charge is 0.493 e. The molecule has 0 aliphatic carbocycles. The van der Waals surface area contributed by atoms with Crippen LogP contribution in [0, 0.1) is 5.82 Å². The molecule has 0 saturated heterocycles. The highest BCUT2D eigenvalue weighted by molar-refractivity contribution is 5.80. The van der Waals surface area contributed by atoms with Crippen molar-refractivity contribution >= 4 is 5.78 Å². The zero-order chi connectivity index (χ0) is 11.7. The number of hydrogen-bond donors (Lipinski definition) is 0. The van der Waals surface area contributed by atoms with Gasteiger partial charge in [0.2, 0.25) is 6.79 Å². The van der Waals surface area contributed by atoms with Crippen LogP contribution in [0.4, 0.5) is 4.39 Å². The number of halogens is 1. The number of hydrogen-bond acceptors (Lipinski definition) is 4. The average Bonchev–Trinajstić information content (AvgIpc) is 2.64. The molecule has 0 radical (unpaired) electrons. The summed E-state index contributed by atoms with van der Waals surface area (Å²) in [7, 11) is 1.35. The lowest BCUT2D eigenvalue weighted by Gasteiger charge is -2.10. The standard InChI is InChI=1S/C11H11FO4/c1-6(13)3-7-10(14-2)8(12)4-9-11(7)16-5-15-9/h4H,3,5H2,1-2H3. The molecule has 2 rings (SSSR count). The van der Waals surface area contributed by atoms with Gasteiger partial charge in [0, 0.05) is 12.5 Å². The summed E-state index contributed by atoms with van der Waals surface area (Å²) in [5.41, 5.74) is 0.405. The van der Waals surface area contributed by atoms with Crippen LogP contribution in [0.5, 0.6) is 17.2 Å². The van der Waals surface area contributed by atoms with Crippen molar-refractivity contribution in [2.45, 2.75) is 13.3 Å². The van der Waals surface area contributed by atoms with E-state index in [0.29, 0.717) is 17.1 Å². The van der Waals surface area contributed by atoms with E-state index in [2.05, 4.69) is 0 Å². The second-order valence-electron chi connectivity index (χ2n) is 3.48. The highest BCUT2D eigenvalue weighted by Crippen LogP contribution is 2.42. The minimum absolute atomic E-state index is 0.0346. The fourth-order valence-corrected chi connectivity index (χ4v) is 1.69. The molecular formula is C11H11FO4. The lowest BCUT2D eigenvalue weighted by molar-refractivity contribution is -0.116. The second-order valence-corrected chi connectivity index (χ2v) is 3.48. The van der Waals surface area contributed by atoms with Gasteiger partial charge in [0.05, 0.1) is 12.7 Å². The molecule has 0 aromatic heterocycles. The lowest BCUT2D eigenvalue weighted by Crippen LogP contribution is -2.03. The van der Waals surface area contributed by atoms with Crippen molar-refractivity contribution in [3.8, 4) is 17.2 Å². The summed E-state index contributed by atoms with van der Waals surface area (Å²) < 4.78 is 28.8. The van der Waals surface area contributed by atoms with Gasteiger partial charge in [-0.3, -0.25) is 4.79 Å². The first-order valence-corrected chi connectivity index (χ1v) is 4.78. The van der Waals surface area contributed by atoms with Gasteiger partial charge in [-0.25, -0.2) is 4.39 Å². The fraction of sp³-hybridized carbons (Fsp3) is 0.364. The maximum absolute atomic E-state index is 13.6. The Labute approximate surface area is 91.9 Å². The second kappa shape index (κ2) is 4.00. The molecule has 0 N–H and O–H groups in total. The van der Waals surface area contributed by atoms with E-state index < -0.39 is 5.82 Å². The fourth-order valence-electron chi connectivity index (χ4n) is 1.69. The van der Waals surface area contributed by atoms with Gasteiger partial charge in [-0.2, -0.15) is 0 Å². The number of ether oxygens (including phenoxy) is 3. The van der Waals surface area contributed by atoms with Gasteiger partial charge in [0.1, 0.15) is 5.78 Å². The predicted octanol–water partition coefficient (Wildman–Crippen LogP) is 1.69. The summed E-state index contributed by atoms with van der Waals surface area (Å²) in [5.74, 6) is 0.104. The van der Waals surface area contributed by atoms with Gasteiger partial charge in [0.25, 0.3) is 0 Å². The third-order valence-electron chi connectivity index (χ3n) is 2.29. The molecule has 0 fully saturated rings. The highest BCUT2D eigenvalue weighted by atomic mass is 19.1. The molecule has 16 heavy (non-hydrogen) atoms. The third kappa shape index (κ3) is 1.68. The van der Waals surface area contributed by atoms with Crippen molar-refractivity contribution in [2.24, 2.45) is 0 Å². The topological polar surface area (TPSA) is 44.8 Å². The molecule has 1 aromatic carbocycles. The molecule has 0 unspecified atom stereocenters. The van der Waals surface area contributed by atoms with Crippen molar-refractivity contribution < 1.29 is 23.4 Å². The molecule has 0 saturated carbocycles. The van der Waals surface area contributed by atoms with Gasteiger partial charge in [-0.15, -0.1) is 0 Å². The number of benzene rings is 1. The zero-order valence-corrected chi connectivity index (χ0v) is 9.00. The average molecular weight is 226 g/mol. The lowest BCUT2D eigenvalue weighted by atomic mass is 10.1. The van der Waals surface area contributed by atoms with E-state index >= 15 is 0 Å². The molecular weight excluding hydrogens is 215 g/mol. The minimum atomic E-state index is -0.553. The smallest absolute Gasteiger partial charge is 0.231 e. The molecule has 4 nitrogen and oxygen atoms in total. The predicted molar refractivity (Wildman–Crippen MR) is 53.5 cm³/mol. The molecule has 1 heterocycles. The Kier molecular flexibility index (Phi) is 2.68. The molecule has 0 spiro atoms. The van der Waals surface area contributed by atoms with Crippen LogP contribution in [0.1, 0.15) is 12.5 Å². The maximum atomic E-state index is 13.6. The molecule has 86 valence electrons. The summed E-state index contributed by atoms with van der Waals surface area (Å²) >= 11 is 0. The van der Waals surface area contributed by atoms with Crippen LogP contribution in [-0.2, 0) is 11.2 Å². The first kappa shape index (κ1) is 10.7. The van der Waals surface area contributed by atoms with E-state index in [0.717, 1.165) is 0 Å². The Morgan fingerprint density at radius 2 is 2.31 bits per heavy atom. The Bertz CT molecular complexity index is 438. The van der Waals surface area contributed by atoms with Crippen molar-refractivity contribution in [3.63, 3.8) is 0 Å². The monoisotopic (exact) mass is 226 g/mol. The van der Waals surface area contributed by atoms with Crippen molar-refractivity contribution in [2.75, 3.05) is 13.9 Å². The Hall–Kier alpha value is -1.78. The first-order chi connectivity index (χ1) is 7.63. The number of fused-ring (bicyclic) bond motifs is 1. The normalized spacial score (nSPS) is 12.7. The van der Waals surface area contributed by atoms with Crippen LogP contribution >= 0.6 is 0 Å². The number of methoxy groups -OCH3 is 1. The first-order valence-electron chi connectivity index (χ1n) is 4.78. The molecule has 5 heteroatoms. The summed E-state index contributed by atoms with van der Waals surface area (Å²) in [6.07, 6.45) is 0.0621. The molecule has 0 bridgehead atoms. The van der Waals surface area contributed by atoms with E-state index in [-0.39, 0.29) is 24.7 Å². The van der Waals surface area contributed by atoms with E-state index in [1.54, 1.807) is 0 Å². The number of ketones is 1. The van der Waals surface area contributed by atoms with Gasteiger partial charge in [0.15, 0.2) is 23.1 Å². The number of carbonyl (C=O) groups excluding carboxylic acids is 1. The summed E-state index contributed by atoms with van der Waals surface area (Å²) in [5, 5.41) is 0. The van der Waals surface area contributed by atoms with Gasteiger partial charge in [-0.1, -0.05) is 0 Å². The quantitative estimate of drug-likeness (QED) is 0.786. The Morgan fingerprint density at radius 1 is 1.56 bits per heavy atom. The maximum Gasteiger partial charge on any atom is 0.231 e. The van der Waals surface area contributed by atoms with E-state index in [4.69, 9.17) is 14.2 Å². The van der Waals surface area contributed by atoms with Crippen LogP contribution in [0.25, 0.3) is 0 Å². The van der Waals surface area contributed by atoms with E-state index in [9.17, 15) is 9.18 Å². The van der Waals surface area contributed by atoms with Crippen LogP contribution < -0.4 is 14.2 Å². The van der Waals surface area contributed by atoms with Crippen LogP contribution in [0.2, 0.25) is 0 Å². The van der Waals surface area contributed by atoms with Gasteiger partial charge in [-0.05, 0) is 6.92 Å². The molecule has 1 aromatic rings. The van der Waals surface area contributed by atoms with Crippen LogP contribution in [0.15, 0.2) is 6.07 Å². The minimum Gasteiger partial charge on any atom is -0.493 e. The highest BCUT2D eigenvalue weighted by Gasteiger charge is 2.25. The van der Waals surface area contributed by atoms with E-state index in [1.807, 2.05) is 0 Å². The third-order valence-corrected chi connectivity index (χ3v) is 2.29. The molecule has 0 atom stereocenters. The summed E-state index contributed by atoms with van der Waals surface area (Å²) in [6, 6.07) is 1.20. The van der Waals surface area contributed by atoms with Crippen LogP contribution in [-0.4, -0.2) is 19.7 Å². The van der Waals surface area contributed by atoms with Crippen molar-refractivity contribution in [1.82, 2.24) is 0 Å². The molecule has 1 aliphatic rings. The van der Waals surface area contributed by atoms with Crippen LogP contribution in [0.3, 0.4) is 0 Å². The van der Waals surface area contributed by atoms with Gasteiger partial charge < -0.3 is 14.2 Å².